The normalized spacial score (nSPS) is 12.8. The van der Waals surface area contributed by atoms with Crippen molar-refractivity contribution in [2.45, 2.75) is 58.1 Å². The maximum Gasteiger partial charge on any atom is 0.158 e. The third-order valence-electron chi connectivity index (χ3n) is 3.66. The molecule has 0 saturated heterocycles. The lowest BCUT2D eigenvalue weighted by atomic mass is 10.1. The van der Waals surface area contributed by atoms with Crippen molar-refractivity contribution in [3.63, 3.8) is 0 Å². The predicted octanol–water partition coefficient (Wildman–Crippen LogP) is 4.87. The summed E-state index contributed by atoms with van der Waals surface area (Å²) in [5.41, 5.74) is 2.22. The van der Waals surface area contributed by atoms with E-state index in [0.29, 0.717) is 0 Å². The molecule has 0 saturated carbocycles. The number of allylic oxidation sites excluding steroid dienone is 3. The van der Waals surface area contributed by atoms with E-state index in [2.05, 4.69) is 36.6 Å². The second kappa shape index (κ2) is 12.9. The Labute approximate surface area is 157 Å². The van der Waals surface area contributed by atoms with Crippen molar-refractivity contribution >= 4 is 17.6 Å². The molecule has 1 unspecified atom stereocenters. The van der Waals surface area contributed by atoms with Crippen LogP contribution in [0.4, 0.5) is 5.69 Å². The molecule has 1 aromatic rings. The molecular weight excluding hydrogens is 330 g/mol. The Balaban J connectivity index is 3.07. The van der Waals surface area contributed by atoms with E-state index in [1.165, 1.54) is 17.5 Å². The third kappa shape index (κ3) is 7.99. The summed E-state index contributed by atoms with van der Waals surface area (Å²) < 4.78 is 6.20. The Hall–Kier alpha value is -1.43. The topological polar surface area (TPSA) is 59.3 Å². The first-order valence-corrected chi connectivity index (χ1v) is 9.98. The first-order chi connectivity index (χ1) is 12.2. The smallest absolute Gasteiger partial charge is 0.158 e. The average molecular weight is 364 g/mol. The van der Waals surface area contributed by atoms with Gasteiger partial charge in [-0.3, -0.25) is 5.14 Å². The van der Waals surface area contributed by atoms with Crippen LogP contribution in [0.25, 0.3) is 0 Å². The highest BCUT2D eigenvalue weighted by Gasteiger charge is 2.14. The van der Waals surface area contributed by atoms with Crippen molar-refractivity contribution in [1.29, 1.82) is 0 Å². The molecule has 1 rings (SSSR count). The highest BCUT2D eigenvalue weighted by Crippen LogP contribution is 2.36. The first kappa shape index (κ1) is 21.6. The van der Waals surface area contributed by atoms with E-state index in [1.54, 1.807) is 0 Å². The van der Waals surface area contributed by atoms with E-state index in [-0.39, 0.29) is 6.10 Å². The Morgan fingerprint density at radius 1 is 1.28 bits per heavy atom. The average Bonchev–Trinajstić information content (AvgIpc) is 2.61. The van der Waals surface area contributed by atoms with Crippen molar-refractivity contribution in [1.82, 2.24) is 5.32 Å². The third-order valence-corrected chi connectivity index (χ3v) is 4.21. The van der Waals surface area contributed by atoms with Gasteiger partial charge in [-0.1, -0.05) is 38.5 Å². The zero-order valence-electron chi connectivity index (χ0n) is 16.0. The molecule has 25 heavy (non-hydrogen) atoms. The minimum absolute atomic E-state index is 0.0339. The summed E-state index contributed by atoms with van der Waals surface area (Å²) in [7, 11) is 0. The van der Waals surface area contributed by atoms with Crippen molar-refractivity contribution in [2.75, 3.05) is 18.4 Å². The summed E-state index contributed by atoms with van der Waals surface area (Å²) in [6, 6.07) is 4.27. The standard InChI is InChI=1S/C20H33N3OS/c1-5-8-10-11-16(4)24-20-18(23-12-9-6-2)13-17(15-22-7-3)14-19(20)25-21/h5,8,10-11,13-14,16,22-23H,6-7,9,12,15,21H2,1-4H3/b8-5-,11-10-. The Kier molecular flexibility index (Phi) is 11.1. The number of nitrogens with one attached hydrogen (secondary N) is 2. The molecule has 0 aliphatic heterocycles. The van der Waals surface area contributed by atoms with Crippen LogP contribution in [0.5, 0.6) is 5.75 Å². The highest BCUT2D eigenvalue weighted by atomic mass is 32.2. The van der Waals surface area contributed by atoms with Gasteiger partial charge in [0, 0.05) is 13.1 Å². The van der Waals surface area contributed by atoms with Gasteiger partial charge in [0.15, 0.2) is 5.75 Å². The van der Waals surface area contributed by atoms with Crippen LogP contribution in [-0.2, 0) is 6.54 Å². The summed E-state index contributed by atoms with van der Waals surface area (Å²) in [5, 5.41) is 12.8. The molecule has 5 heteroatoms. The van der Waals surface area contributed by atoms with E-state index in [0.717, 1.165) is 48.8 Å². The number of ether oxygens (including phenoxy) is 1. The fraction of sp³-hybridized carbons (Fsp3) is 0.500. The molecule has 140 valence electrons. The monoisotopic (exact) mass is 363 g/mol. The Bertz CT molecular complexity index is 558. The summed E-state index contributed by atoms with van der Waals surface area (Å²) in [4.78, 5) is 0.959. The molecule has 0 amide bonds. The van der Waals surface area contributed by atoms with Gasteiger partial charge in [-0.15, -0.1) is 0 Å². The fourth-order valence-electron chi connectivity index (χ4n) is 2.33. The largest absolute Gasteiger partial charge is 0.483 e. The number of rotatable bonds is 12. The minimum Gasteiger partial charge on any atom is -0.483 e. The van der Waals surface area contributed by atoms with Crippen LogP contribution < -0.4 is 20.5 Å². The molecular formula is C20H33N3OS. The van der Waals surface area contributed by atoms with Gasteiger partial charge in [0.25, 0.3) is 0 Å². The van der Waals surface area contributed by atoms with Crippen molar-refractivity contribution in [3.05, 3.63) is 42.0 Å². The van der Waals surface area contributed by atoms with Gasteiger partial charge in [0.2, 0.25) is 0 Å². The summed E-state index contributed by atoms with van der Waals surface area (Å²) in [5.74, 6) is 0.835. The van der Waals surface area contributed by atoms with E-state index in [4.69, 9.17) is 9.88 Å². The van der Waals surface area contributed by atoms with Gasteiger partial charge in [0.1, 0.15) is 6.10 Å². The molecule has 0 radical (unpaired) electrons. The fourth-order valence-corrected chi connectivity index (χ4v) is 2.81. The number of hydrogen-bond acceptors (Lipinski definition) is 5. The number of nitrogens with two attached hydrogens (primary N) is 1. The van der Waals surface area contributed by atoms with Gasteiger partial charge in [-0.2, -0.15) is 0 Å². The SMILES string of the molecule is C/C=C\C=C/C(C)Oc1c(NCCCC)cc(CNCC)cc1SN. The molecule has 0 heterocycles. The molecule has 4 N–H and O–H groups in total. The van der Waals surface area contributed by atoms with Gasteiger partial charge < -0.3 is 15.4 Å². The van der Waals surface area contributed by atoms with Crippen LogP contribution in [0.3, 0.4) is 0 Å². The molecule has 0 spiro atoms. The van der Waals surface area contributed by atoms with Crippen molar-refractivity contribution in [3.8, 4) is 5.75 Å². The Morgan fingerprint density at radius 2 is 2.08 bits per heavy atom. The zero-order valence-corrected chi connectivity index (χ0v) is 16.8. The maximum atomic E-state index is 6.20. The molecule has 1 atom stereocenters. The van der Waals surface area contributed by atoms with Crippen LogP contribution in [0.2, 0.25) is 0 Å². The first-order valence-electron chi connectivity index (χ1n) is 9.10. The van der Waals surface area contributed by atoms with E-state index in [9.17, 15) is 0 Å². The number of benzene rings is 1. The number of hydrogen-bond donors (Lipinski definition) is 3. The van der Waals surface area contributed by atoms with Crippen molar-refractivity contribution < 1.29 is 4.74 Å². The minimum atomic E-state index is -0.0339. The molecule has 0 aromatic heterocycles. The lowest BCUT2D eigenvalue weighted by Crippen LogP contribution is -2.15. The second-order valence-corrected chi connectivity index (χ2v) is 6.56. The molecule has 1 aromatic carbocycles. The quantitative estimate of drug-likeness (QED) is 0.281. The van der Waals surface area contributed by atoms with Gasteiger partial charge >= 0.3 is 0 Å². The lowest BCUT2D eigenvalue weighted by molar-refractivity contribution is 0.264. The molecule has 0 bridgehead atoms. The molecule has 0 fully saturated rings. The van der Waals surface area contributed by atoms with Crippen LogP contribution >= 0.6 is 11.9 Å². The van der Waals surface area contributed by atoms with E-state index >= 15 is 0 Å². The molecule has 0 aliphatic rings. The summed E-state index contributed by atoms with van der Waals surface area (Å²) in [6.45, 7) is 11.0. The summed E-state index contributed by atoms with van der Waals surface area (Å²) in [6.07, 6.45) is 10.3. The molecule has 4 nitrogen and oxygen atoms in total. The lowest BCUT2D eigenvalue weighted by Gasteiger charge is -2.20. The highest BCUT2D eigenvalue weighted by molar-refractivity contribution is 7.97. The van der Waals surface area contributed by atoms with Crippen molar-refractivity contribution in [2.24, 2.45) is 5.14 Å². The predicted molar refractivity (Wildman–Crippen MR) is 111 cm³/mol. The summed E-state index contributed by atoms with van der Waals surface area (Å²) >= 11 is 1.24. The van der Waals surface area contributed by atoms with Crippen LogP contribution in [0.15, 0.2) is 41.3 Å². The number of anilines is 1. The number of unbranched alkanes of at least 4 members (excludes halogenated alkanes) is 1. The molecule has 0 aliphatic carbocycles. The van der Waals surface area contributed by atoms with Gasteiger partial charge in [-0.25, -0.2) is 0 Å². The van der Waals surface area contributed by atoms with Gasteiger partial charge in [-0.05, 0) is 62.5 Å². The Morgan fingerprint density at radius 3 is 2.72 bits per heavy atom. The van der Waals surface area contributed by atoms with Gasteiger partial charge in [0.05, 0.1) is 10.6 Å². The van der Waals surface area contributed by atoms with E-state index in [1.807, 2.05) is 38.2 Å². The maximum absolute atomic E-state index is 6.20. The second-order valence-electron chi connectivity index (χ2n) is 5.88. The van der Waals surface area contributed by atoms with Crippen LogP contribution in [0, 0.1) is 0 Å². The van der Waals surface area contributed by atoms with E-state index < -0.39 is 0 Å². The van der Waals surface area contributed by atoms with Crippen LogP contribution in [-0.4, -0.2) is 19.2 Å². The zero-order chi connectivity index (χ0) is 18.5. The van der Waals surface area contributed by atoms with Crippen LogP contribution in [0.1, 0.15) is 46.1 Å².